The van der Waals surface area contributed by atoms with Crippen LogP contribution in [0.2, 0.25) is 5.02 Å². The Bertz CT molecular complexity index is 271. The molecule has 15 heavy (non-hydrogen) atoms. The van der Waals surface area contributed by atoms with Gasteiger partial charge in [-0.15, -0.1) is 0 Å². The fourth-order valence-electron chi connectivity index (χ4n) is 1.48. The van der Waals surface area contributed by atoms with Gasteiger partial charge in [-0.2, -0.15) is 0 Å². The number of rotatable bonds is 6. The van der Waals surface area contributed by atoms with Crippen molar-refractivity contribution in [1.29, 1.82) is 0 Å². The normalized spacial score (nSPS) is 10.3. The molecule has 1 aromatic carbocycles. The van der Waals surface area contributed by atoms with Gasteiger partial charge in [-0.25, -0.2) is 0 Å². The molecule has 0 aliphatic carbocycles. The van der Waals surface area contributed by atoms with E-state index in [1.807, 2.05) is 19.2 Å². The molecule has 0 aliphatic rings. The van der Waals surface area contributed by atoms with Gasteiger partial charge in [0.1, 0.15) is 0 Å². The quantitative estimate of drug-likeness (QED) is 0.751. The Kier molecular flexibility index (Phi) is 5.51. The third kappa shape index (κ3) is 4.54. The standard InChI is InChI=1S/C12H19ClN2/c1-14-9-3-4-10-15(2)12-7-5-11(13)6-8-12/h5-8,14H,3-4,9-10H2,1-2H3. The Morgan fingerprint density at radius 3 is 2.47 bits per heavy atom. The summed E-state index contributed by atoms with van der Waals surface area (Å²) in [6, 6.07) is 7.97. The second kappa shape index (κ2) is 6.70. The second-order valence-corrected chi connectivity index (χ2v) is 4.15. The van der Waals surface area contributed by atoms with Crippen LogP contribution in [-0.2, 0) is 0 Å². The molecule has 3 heteroatoms. The summed E-state index contributed by atoms with van der Waals surface area (Å²) in [6.45, 7) is 2.18. The van der Waals surface area contributed by atoms with Crippen LogP contribution in [0.5, 0.6) is 0 Å². The van der Waals surface area contributed by atoms with Crippen LogP contribution < -0.4 is 10.2 Å². The highest BCUT2D eigenvalue weighted by Crippen LogP contribution is 2.16. The van der Waals surface area contributed by atoms with E-state index in [1.165, 1.54) is 18.5 Å². The average Bonchev–Trinajstić information content (AvgIpc) is 2.25. The van der Waals surface area contributed by atoms with Gasteiger partial charge in [0.05, 0.1) is 0 Å². The largest absolute Gasteiger partial charge is 0.375 e. The van der Waals surface area contributed by atoms with E-state index in [0.717, 1.165) is 18.1 Å². The fourth-order valence-corrected chi connectivity index (χ4v) is 1.60. The van der Waals surface area contributed by atoms with Crippen LogP contribution >= 0.6 is 11.6 Å². The number of hydrogen-bond acceptors (Lipinski definition) is 2. The molecule has 0 bridgehead atoms. The topological polar surface area (TPSA) is 15.3 Å². The summed E-state index contributed by atoms with van der Waals surface area (Å²) in [5.74, 6) is 0. The number of unbranched alkanes of at least 4 members (excludes halogenated alkanes) is 1. The van der Waals surface area contributed by atoms with Crippen LogP contribution in [0.25, 0.3) is 0 Å². The lowest BCUT2D eigenvalue weighted by Gasteiger charge is -2.19. The van der Waals surface area contributed by atoms with Crippen molar-refractivity contribution >= 4 is 17.3 Å². The van der Waals surface area contributed by atoms with Crippen LogP contribution in [0.4, 0.5) is 5.69 Å². The summed E-state index contributed by atoms with van der Waals surface area (Å²) >= 11 is 5.84. The maximum absolute atomic E-state index is 5.84. The van der Waals surface area contributed by atoms with Gasteiger partial charge in [-0.1, -0.05) is 11.6 Å². The van der Waals surface area contributed by atoms with E-state index in [-0.39, 0.29) is 0 Å². The highest BCUT2D eigenvalue weighted by molar-refractivity contribution is 6.30. The Hall–Kier alpha value is -0.730. The first-order chi connectivity index (χ1) is 7.24. The molecule has 0 aromatic heterocycles. The molecular weight excluding hydrogens is 208 g/mol. The predicted octanol–water partition coefficient (Wildman–Crippen LogP) is 2.78. The zero-order chi connectivity index (χ0) is 11.1. The maximum atomic E-state index is 5.84. The first kappa shape index (κ1) is 12.3. The smallest absolute Gasteiger partial charge is 0.0407 e. The van der Waals surface area contributed by atoms with E-state index >= 15 is 0 Å². The highest BCUT2D eigenvalue weighted by Gasteiger charge is 1.99. The van der Waals surface area contributed by atoms with Gasteiger partial charge < -0.3 is 10.2 Å². The summed E-state index contributed by atoms with van der Waals surface area (Å²) < 4.78 is 0. The van der Waals surface area contributed by atoms with Crippen molar-refractivity contribution in [2.75, 3.05) is 32.1 Å². The van der Waals surface area contributed by atoms with Crippen LogP contribution in [-0.4, -0.2) is 27.2 Å². The van der Waals surface area contributed by atoms with Crippen molar-refractivity contribution in [2.45, 2.75) is 12.8 Å². The Labute approximate surface area is 97.2 Å². The van der Waals surface area contributed by atoms with Crippen molar-refractivity contribution in [3.63, 3.8) is 0 Å². The molecule has 0 fully saturated rings. The number of nitrogens with one attached hydrogen (secondary N) is 1. The van der Waals surface area contributed by atoms with E-state index in [0.29, 0.717) is 0 Å². The third-order valence-electron chi connectivity index (χ3n) is 2.44. The molecule has 0 saturated carbocycles. The summed E-state index contributed by atoms with van der Waals surface area (Å²) in [5, 5.41) is 3.95. The summed E-state index contributed by atoms with van der Waals surface area (Å²) in [6.07, 6.45) is 2.42. The zero-order valence-electron chi connectivity index (χ0n) is 9.46. The van der Waals surface area contributed by atoms with Crippen molar-refractivity contribution in [1.82, 2.24) is 5.32 Å². The van der Waals surface area contributed by atoms with Crippen molar-refractivity contribution in [3.8, 4) is 0 Å². The maximum Gasteiger partial charge on any atom is 0.0407 e. The number of benzene rings is 1. The van der Waals surface area contributed by atoms with Gasteiger partial charge in [0.25, 0.3) is 0 Å². The second-order valence-electron chi connectivity index (χ2n) is 3.71. The van der Waals surface area contributed by atoms with E-state index in [2.05, 4.69) is 29.4 Å². The van der Waals surface area contributed by atoms with Crippen LogP contribution in [0.3, 0.4) is 0 Å². The Morgan fingerprint density at radius 2 is 1.87 bits per heavy atom. The first-order valence-corrected chi connectivity index (χ1v) is 5.73. The molecule has 0 saturated heterocycles. The SMILES string of the molecule is CNCCCCN(C)c1ccc(Cl)cc1. The molecule has 0 spiro atoms. The lowest BCUT2D eigenvalue weighted by Crippen LogP contribution is -2.19. The zero-order valence-corrected chi connectivity index (χ0v) is 10.2. The molecule has 1 aromatic rings. The van der Waals surface area contributed by atoms with Gasteiger partial charge in [-0.3, -0.25) is 0 Å². The lowest BCUT2D eigenvalue weighted by molar-refractivity contribution is 0.671. The summed E-state index contributed by atoms with van der Waals surface area (Å²) in [7, 11) is 4.10. The number of anilines is 1. The molecule has 2 nitrogen and oxygen atoms in total. The molecule has 1 N–H and O–H groups in total. The molecular formula is C12H19ClN2. The summed E-state index contributed by atoms with van der Waals surface area (Å²) in [5.41, 5.74) is 1.23. The van der Waals surface area contributed by atoms with Crippen LogP contribution in [0.15, 0.2) is 24.3 Å². The van der Waals surface area contributed by atoms with Crippen LogP contribution in [0, 0.1) is 0 Å². The molecule has 0 aliphatic heterocycles. The van der Waals surface area contributed by atoms with Crippen molar-refractivity contribution in [2.24, 2.45) is 0 Å². The molecule has 0 atom stereocenters. The molecule has 0 unspecified atom stereocenters. The summed E-state index contributed by atoms with van der Waals surface area (Å²) in [4.78, 5) is 2.26. The van der Waals surface area contributed by atoms with Gasteiger partial charge >= 0.3 is 0 Å². The molecule has 1 rings (SSSR count). The minimum absolute atomic E-state index is 0.794. The fraction of sp³-hybridized carbons (Fsp3) is 0.500. The first-order valence-electron chi connectivity index (χ1n) is 5.35. The number of nitrogens with zero attached hydrogens (tertiary/aromatic N) is 1. The highest BCUT2D eigenvalue weighted by atomic mass is 35.5. The van der Waals surface area contributed by atoms with E-state index in [9.17, 15) is 0 Å². The molecule has 0 amide bonds. The predicted molar refractivity (Wildman–Crippen MR) is 67.9 cm³/mol. The third-order valence-corrected chi connectivity index (χ3v) is 2.69. The van der Waals surface area contributed by atoms with Gasteiger partial charge in [0, 0.05) is 24.3 Å². The average molecular weight is 227 g/mol. The Morgan fingerprint density at radius 1 is 1.20 bits per heavy atom. The molecule has 0 heterocycles. The van der Waals surface area contributed by atoms with Crippen LogP contribution in [0.1, 0.15) is 12.8 Å². The van der Waals surface area contributed by atoms with Crippen molar-refractivity contribution in [3.05, 3.63) is 29.3 Å². The number of hydrogen-bond donors (Lipinski definition) is 1. The number of halogens is 1. The van der Waals surface area contributed by atoms with E-state index in [4.69, 9.17) is 11.6 Å². The van der Waals surface area contributed by atoms with E-state index < -0.39 is 0 Å². The lowest BCUT2D eigenvalue weighted by atomic mass is 10.2. The molecule has 84 valence electrons. The van der Waals surface area contributed by atoms with E-state index in [1.54, 1.807) is 0 Å². The van der Waals surface area contributed by atoms with Gasteiger partial charge in [-0.05, 0) is 50.7 Å². The minimum atomic E-state index is 0.794. The van der Waals surface area contributed by atoms with Gasteiger partial charge in [0.15, 0.2) is 0 Å². The minimum Gasteiger partial charge on any atom is -0.375 e. The van der Waals surface area contributed by atoms with Crippen molar-refractivity contribution < 1.29 is 0 Å². The van der Waals surface area contributed by atoms with Gasteiger partial charge in [0.2, 0.25) is 0 Å². The Balaban J connectivity index is 2.33. The molecule has 0 radical (unpaired) electrons. The monoisotopic (exact) mass is 226 g/mol.